The van der Waals surface area contributed by atoms with E-state index in [4.69, 9.17) is 14.5 Å². The average molecular weight is 406 g/mol. The van der Waals surface area contributed by atoms with Gasteiger partial charge in [-0.05, 0) is 12.1 Å². The van der Waals surface area contributed by atoms with Crippen molar-refractivity contribution in [2.24, 2.45) is 4.99 Å². The predicted octanol–water partition coefficient (Wildman–Crippen LogP) is 1.76. The van der Waals surface area contributed by atoms with Crippen LogP contribution in [0.3, 0.4) is 0 Å². The summed E-state index contributed by atoms with van der Waals surface area (Å²) in [6, 6.07) is 14.9. The zero-order valence-corrected chi connectivity index (χ0v) is 16.4. The molecule has 2 aromatic carbocycles. The average Bonchev–Trinajstić information content (AvgIpc) is 3.34. The van der Waals surface area contributed by atoms with E-state index < -0.39 is 5.66 Å². The van der Waals surface area contributed by atoms with Crippen molar-refractivity contribution in [2.75, 3.05) is 31.7 Å². The molecular weight excluding hydrogens is 384 g/mol. The molecule has 8 heteroatoms. The number of carbonyl (C=O) groups excluding carboxylic acids is 2. The second-order valence-electron chi connectivity index (χ2n) is 7.70. The van der Waals surface area contributed by atoms with Crippen LogP contribution in [0.2, 0.25) is 0 Å². The second-order valence-corrected chi connectivity index (χ2v) is 7.70. The third-order valence-corrected chi connectivity index (χ3v) is 5.64. The number of nitrogens with zero attached hydrogens (tertiary/aromatic N) is 2. The summed E-state index contributed by atoms with van der Waals surface area (Å²) in [5.74, 6) is 1.10. The third kappa shape index (κ3) is 3.61. The van der Waals surface area contributed by atoms with Gasteiger partial charge in [-0.25, -0.2) is 0 Å². The van der Waals surface area contributed by atoms with E-state index in [1.807, 2.05) is 30.3 Å². The van der Waals surface area contributed by atoms with Crippen molar-refractivity contribution in [3.8, 4) is 11.5 Å². The van der Waals surface area contributed by atoms with Crippen LogP contribution in [-0.2, 0) is 9.59 Å². The summed E-state index contributed by atoms with van der Waals surface area (Å²) in [7, 11) is 0. The molecule has 0 atom stereocenters. The molecule has 0 unspecified atom stereocenters. The molecule has 3 aliphatic heterocycles. The molecule has 30 heavy (non-hydrogen) atoms. The third-order valence-electron chi connectivity index (χ3n) is 5.64. The van der Waals surface area contributed by atoms with Crippen molar-refractivity contribution in [1.82, 2.24) is 10.2 Å². The van der Waals surface area contributed by atoms with Crippen LogP contribution in [0, 0.1) is 0 Å². The van der Waals surface area contributed by atoms with E-state index in [-0.39, 0.29) is 25.2 Å². The molecule has 1 spiro atoms. The number of nitrogens with one attached hydrogen (secondary N) is 2. The number of anilines is 1. The van der Waals surface area contributed by atoms with Gasteiger partial charge in [0.15, 0.2) is 11.5 Å². The van der Waals surface area contributed by atoms with E-state index in [9.17, 15) is 9.59 Å². The molecule has 0 saturated carbocycles. The fraction of sp³-hybridized carbons (Fsp3) is 0.318. The number of piperidine rings is 1. The first kappa shape index (κ1) is 18.6. The summed E-state index contributed by atoms with van der Waals surface area (Å²) < 4.78 is 10.6. The molecule has 1 saturated heterocycles. The predicted molar refractivity (Wildman–Crippen MR) is 111 cm³/mol. The van der Waals surface area contributed by atoms with Gasteiger partial charge in [0.05, 0.1) is 6.54 Å². The highest BCUT2D eigenvalue weighted by molar-refractivity contribution is 6.46. The van der Waals surface area contributed by atoms with Gasteiger partial charge in [-0.15, -0.1) is 0 Å². The van der Waals surface area contributed by atoms with Crippen molar-refractivity contribution in [3.05, 3.63) is 54.1 Å². The van der Waals surface area contributed by atoms with Gasteiger partial charge < -0.3 is 20.1 Å². The number of amides is 2. The van der Waals surface area contributed by atoms with Crippen LogP contribution in [0.4, 0.5) is 5.69 Å². The van der Waals surface area contributed by atoms with Gasteiger partial charge in [0.2, 0.25) is 12.7 Å². The lowest BCUT2D eigenvalue weighted by molar-refractivity contribution is -0.119. The number of carbonyl (C=O) groups is 2. The quantitative estimate of drug-likeness (QED) is 0.807. The Hall–Kier alpha value is -3.39. The number of ether oxygens (including phenoxy) is 2. The fourth-order valence-electron chi connectivity index (χ4n) is 4.05. The first-order valence-electron chi connectivity index (χ1n) is 10.00. The molecular formula is C22H22N4O4. The van der Waals surface area contributed by atoms with Crippen LogP contribution in [0.15, 0.2) is 53.5 Å². The number of likely N-dealkylation sites (tertiary alicyclic amines) is 1. The van der Waals surface area contributed by atoms with E-state index in [1.54, 1.807) is 18.2 Å². The summed E-state index contributed by atoms with van der Waals surface area (Å²) >= 11 is 0. The highest BCUT2D eigenvalue weighted by Crippen LogP contribution is 2.34. The van der Waals surface area contributed by atoms with Gasteiger partial charge >= 0.3 is 0 Å². The summed E-state index contributed by atoms with van der Waals surface area (Å²) in [4.78, 5) is 31.7. The van der Waals surface area contributed by atoms with Crippen LogP contribution < -0.4 is 20.1 Å². The van der Waals surface area contributed by atoms with Gasteiger partial charge in [0, 0.05) is 43.2 Å². The van der Waals surface area contributed by atoms with E-state index in [0.29, 0.717) is 48.8 Å². The molecule has 0 radical (unpaired) electrons. The maximum atomic E-state index is 12.5. The van der Waals surface area contributed by atoms with Crippen molar-refractivity contribution in [3.63, 3.8) is 0 Å². The Bertz CT molecular complexity index is 1010. The van der Waals surface area contributed by atoms with Crippen LogP contribution in [0.1, 0.15) is 18.4 Å². The van der Waals surface area contributed by atoms with Crippen molar-refractivity contribution in [1.29, 1.82) is 0 Å². The highest BCUT2D eigenvalue weighted by Gasteiger charge is 2.42. The first-order chi connectivity index (χ1) is 14.6. The number of fused-ring (bicyclic) bond motifs is 1. The number of hydrogen-bond donors (Lipinski definition) is 2. The number of hydrogen-bond acceptors (Lipinski definition) is 6. The zero-order chi connectivity index (χ0) is 20.6. The topological polar surface area (TPSA) is 92.3 Å². The van der Waals surface area contributed by atoms with Gasteiger partial charge in [0.1, 0.15) is 11.4 Å². The van der Waals surface area contributed by atoms with Gasteiger partial charge in [-0.3, -0.25) is 19.5 Å². The molecule has 3 aliphatic rings. The summed E-state index contributed by atoms with van der Waals surface area (Å²) in [6.45, 7) is 1.85. The normalized spacial score (nSPS) is 19.5. The lowest BCUT2D eigenvalue weighted by Gasteiger charge is -2.36. The van der Waals surface area contributed by atoms with Gasteiger partial charge in [-0.2, -0.15) is 0 Å². The monoisotopic (exact) mass is 406 g/mol. The van der Waals surface area contributed by atoms with E-state index >= 15 is 0 Å². The Labute approximate surface area is 173 Å². The Morgan fingerprint density at radius 2 is 1.87 bits per heavy atom. The minimum absolute atomic E-state index is 0.0891. The van der Waals surface area contributed by atoms with Crippen molar-refractivity contribution < 1.29 is 19.1 Å². The molecule has 3 heterocycles. The van der Waals surface area contributed by atoms with Gasteiger partial charge in [0.25, 0.3) is 5.91 Å². The van der Waals surface area contributed by atoms with E-state index in [0.717, 1.165) is 5.56 Å². The van der Waals surface area contributed by atoms with Crippen LogP contribution >= 0.6 is 0 Å². The first-order valence-corrected chi connectivity index (χ1v) is 10.00. The van der Waals surface area contributed by atoms with E-state index in [1.165, 1.54) is 0 Å². The number of benzene rings is 2. The minimum atomic E-state index is -0.563. The lowest BCUT2D eigenvalue weighted by atomic mass is 9.98. The van der Waals surface area contributed by atoms with Crippen LogP contribution in [0.25, 0.3) is 0 Å². The molecule has 2 amide bonds. The summed E-state index contributed by atoms with van der Waals surface area (Å²) in [5, 5.41) is 5.96. The van der Waals surface area contributed by atoms with Gasteiger partial charge in [-0.1, -0.05) is 30.3 Å². The largest absolute Gasteiger partial charge is 0.454 e. The second kappa shape index (κ2) is 7.46. The smallest absolute Gasteiger partial charge is 0.272 e. The molecule has 0 aliphatic carbocycles. The Kier molecular flexibility index (Phi) is 4.63. The summed E-state index contributed by atoms with van der Waals surface area (Å²) in [5.41, 5.74) is 1.44. The van der Waals surface area contributed by atoms with Crippen LogP contribution in [-0.4, -0.2) is 54.5 Å². The fourth-order valence-corrected chi connectivity index (χ4v) is 4.05. The molecule has 1 fully saturated rings. The molecule has 0 bridgehead atoms. The Morgan fingerprint density at radius 3 is 2.67 bits per heavy atom. The van der Waals surface area contributed by atoms with Crippen molar-refractivity contribution in [2.45, 2.75) is 18.5 Å². The standard InChI is InChI=1S/C22H22N4O4/c27-19(23-16-6-7-17-18(12-16)30-14-29-17)13-26-10-8-22(9-11-26)24-20(21(28)25-22)15-4-2-1-3-5-15/h1-7,12H,8-11,13-14H2,(H,23,27)(H,25,28). The van der Waals surface area contributed by atoms with E-state index in [2.05, 4.69) is 15.5 Å². The minimum Gasteiger partial charge on any atom is -0.454 e. The SMILES string of the molecule is O=C(CN1CCC2(CC1)N=C(c1ccccc1)C(=O)N2)Nc1ccc2c(c1)OCO2. The molecule has 0 aromatic heterocycles. The maximum absolute atomic E-state index is 12.5. The Morgan fingerprint density at radius 1 is 1.10 bits per heavy atom. The number of rotatable bonds is 4. The number of aliphatic imine (C=N–C) groups is 1. The molecule has 8 nitrogen and oxygen atoms in total. The molecule has 2 aromatic rings. The molecule has 5 rings (SSSR count). The summed E-state index contributed by atoms with van der Waals surface area (Å²) in [6.07, 6.45) is 1.35. The lowest BCUT2D eigenvalue weighted by Crippen LogP contribution is -2.52. The highest BCUT2D eigenvalue weighted by atomic mass is 16.7. The Balaban J connectivity index is 1.18. The molecule has 154 valence electrons. The zero-order valence-electron chi connectivity index (χ0n) is 16.4. The maximum Gasteiger partial charge on any atom is 0.272 e. The van der Waals surface area contributed by atoms with Crippen LogP contribution in [0.5, 0.6) is 11.5 Å². The molecule has 2 N–H and O–H groups in total. The van der Waals surface area contributed by atoms with Crippen molar-refractivity contribution >= 4 is 23.2 Å².